The molecule has 0 radical (unpaired) electrons. The third-order valence-electron chi connectivity index (χ3n) is 11.3. The summed E-state index contributed by atoms with van der Waals surface area (Å²) in [5.41, 5.74) is 4.34. The van der Waals surface area contributed by atoms with E-state index >= 15 is 0 Å². The molecule has 1 nitrogen and oxygen atoms in total. The summed E-state index contributed by atoms with van der Waals surface area (Å²) >= 11 is 0. The third kappa shape index (κ3) is 3.88. The molecule has 0 aromatic carbocycles. The summed E-state index contributed by atoms with van der Waals surface area (Å²) in [5, 5.41) is 0. The number of hydrogen-bond donors (Lipinski definition) is 0. The zero-order valence-electron chi connectivity index (χ0n) is 22.2. The van der Waals surface area contributed by atoms with Crippen molar-refractivity contribution in [3.8, 4) is 0 Å². The van der Waals surface area contributed by atoms with Gasteiger partial charge in [0.15, 0.2) is 0 Å². The molecule has 4 rings (SSSR count). The fourth-order valence-corrected chi connectivity index (χ4v) is 9.21. The van der Waals surface area contributed by atoms with Gasteiger partial charge >= 0.3 is 0 Å². The van der Waals surface area contributed by atoms with Crippen LogP contribution >= 0.6 is 0 Å². The maximum Gasteiger partial charge on any atom is 0.136 e. The minimum atomic E-state index is 0.321. The molecule has 0 saturated heterocycles. The molecule has 0 spiro atoms. The Kier molecular flexibility index (Phi) is 6.88. The second kappa shape index (κ2) is 9.07. The highest BCUT2D eigenvalue weighted by Crippen LogP contribution is 2.67. The molecular weight excluding hydrogens is 388 g/mol. The van der Waals surface area contributed by atoms with Crippen LogP contribution in [0.25, 0.3) is 0 Å². The van der Waals surface area contributed by atoms with Crippen LogP contribution in [0.5, 0.6) is 0 Å². The smallest absolute Gasteiger partial charge is 0.136 e. The van der Waals surface area contributed by atoms with Crippen molar-refractivity contribution in [3.63, 3.8) is 0 Å². The molecule has 0 amide bonds. The minimum Gasteiger partial charge on any atom is -0.299 e. The average molecular weight is 439 g/mol. The Morgan fingerprint density at radius 1 is 1.12 bits per heavy atom. The van der Waals surface area contributed by atoms with Gasteiger partial charge in [-0.15, -0.1) is 0 Å². The summed E-state index contributed by atoms with van der Waals surface area (Å²) in [6, 6.07) is 0. The van der Waals surface area contributed by atoms with Crippen molar-refractivity contribution in [2.45, 2.75) is 113 Å². The number of rotatable bonds is 6. The number of carbonyl (C=O) groups is 1. The van der Waals surface area contributed by atoms with Gasteiger partial charge in [0, 0.05) is 12.3 Å². The predicted molar refractivity (Wildman–Crippen MR) is 136 cm³/mol. The van der Waals surface area contributed by atoms with E-state index in [-0.39, 0.29) is 0 Å². The highest BCUT2D eigenvalue weighted by Gasteiger charge is 2.58. The molecule has 8 atom stereocenters. The van der Waals surface area contributed by atoms with Gasteiger partial charge in [0.2, 0.25) is 0 Å². The Hall–Kier alpha value is -0.850. The predicted octanol–water partition coefficient (Wildman–Crippen LogP) is 8.79. The van der Waals surface area contributed by atoms with E-state index in [9.17, 15) is 4.79 Å². The van der Waals surface area contributed by atoms with Gasteiger partial charge in [-0.1, -0.05) is 64.8 Å². The SMILES string of the molecule is CC=C(CC[C@@H](C)[C@H]1CC[C@H]2C3=CCC4CC(=O)C(CC)C[C@]4(C)[C@H]3CC[C@]12C)C(C)C. The van der Waals surface area contributed by atoms with Gasteiger partial charge in [0.1, 0.15) is 5.78 Å². The summed E-state index contributed by atoms with van der Waals surface area (Å²) < 4.78 is 0. The fraction of sp³-hybridized carbons (Fsp3) is 0.839. The number of allylic oxidation sites excluding steroid dienone is 4. The van der Waals surface area contributed by atoms with Crippen LogP contribution in [-0.4, -0.2) is 5.78 Å². The molecule has 4 aliphatic rings. The van der Waals surface area contributed by atoms with Crippen LogP contribution in [0.1, 0.15) is 113 Å². The summed E-state index contributed by atoms with van der Waals surface area (Å²) in [7, 11) is 0. The molecule has 32 heavy (non-hydrogen) atoms. The Labute approximate surface area is 198 Å². The zero-order valence-corrected chi connectivity index (χ0v) is 22.2. The van der Waals surface area contributed by atoms with Crippen LogP contribution in [0.15, 0.2) is 23.3 Å². The molecule has 180 valence electrons. The third-order valence-corrected chi connectivity index (χ3v) is 11.3. The lowest BCUT2D eigenvalue weighted by Crippen LogP contribution is -2.51. The molecule has 0 aromatic rings. The van der Waals surface area contributed by atoms with Gasteiger partial charge in [0.05, 0.1) is 0 Å². The molecule has 2 unspecified atom stereocenters. The molecule has 0 aliphatic heterocycles. The van der Waals surface area contributed by atoms with Crippen LogP contribution in [0.4, 0.5) is 0 Å². The summed E-state index contributed by atoms with van der Waals surface area (Å²) in [4.78, 5) is 12.7. The molecular formula is C31H50O. The number of Topliss-reactive ketones (excluding diaryl/α,β-unsaturated/α-hetero) is 1. The molecule has 0 heterocycles. The largest absolute Gasteiger partial charge is 0.299 e. The maximum absolute atomic E-state index is 12.7. The molecule has 1 heteroatoms. The van der Waals surface area contributed by atoms with E-state index in [0.717, 1.165) is 49.4 Å². The standard InChI is InChI=1S/C31H50O/c1-8-22(20(3)4)11-10-21(5)26-14-15-27-25-13-12-24-18-29(32)23(9-2)19-31(24,7)28(25)16-17-30(26,27)6/h8,13,20-21,23-24,26-28H,9-12,14-19H2,1-7H3/t21-,23?,24?,26-,27+,28+,30-,31+/m1/s1. The van der Waals surface area contributed by atoms with Crippen molar-refractivity contribution >= 4 is 5.78 Å². The van der Waals surface area contributed by atoms with Gasteiger partial charge in [-0.3, -0.25) is 4.79 Å². The van der Waals surface area contributed by atoms with Crippen LogP contribution in [-0.2, 0) is 4.79 Å². The lowest BCUT2D eigenvalue weighted by atomic mass is 9.46. The molecule has 3 fully saturated rings. The van der Waals surface area contributed by atoms with Crippen molar-refractivity contribution < 1.29 is 4.79 Å². The van der Waals surface area contributed by atoms with E-state index < -0.39 is 0 Å². The van der Waals surface area contributed by atoms with E-state index in [1.165, 1.54) is 38.5 Å². The van der Waals surface area contributed by atoms with Crippen LogP contribution in [0.3, 0.4) is 0 Å². The van der Waals surface area contributed by atoms with Gasteiger partial charge < -0.3 is 0 Å². The lowest BCUT2D eigenvalue weighted by Gasteiger charge is -2.58. The normalized spacial score (nSPS) is 42.9. The lowest BCUT2D eigenvalue weighted by molar-refractivity contribution is -0.133. The Morgan fingerprint density at radius 2 is 1.84 bits per heavy atom. The highest BCUT2D eigenvalue weighted by molar-refractivity contribution is 5.82. The Morgan fingerprint density at radius 3 is 2.50 bits per heavy atom. The Bertz CT molecular complexity index is 771. The van der Waals surface area contributed by atoms with Crippen LogP contribution in [0, 0.1) is 52.3 Å². The number of carbonyl (C=O) groups excluding carboxylic acids is 1. The van der Waals surface area contributed by atoms with E-state index in [1.807, 2.05) is 5.57 Å². The number of fused-ring (bicyclic) bond motifs is 5. The van der Waals surface area contributed by atoms with E-state index in [4.69, 9.17) is 0 Å². The van der Waals surface area contributed by atoms with Crippen molar-refractivity contribution in [3.05, 3.63) is 23.3 Å². The van der Waals surface area contributed by atoms with Gasteiger partial charge in [-0.2, -0.15) is 0 Å². The van der Waals surface area contributed by atoms with Crippen molar-refractivity contribution in [2.75, 3.05) is 0 Å². The van der Waals surface area contributed by atoms with Crippen LogP contribution < -0.4 is 0 Å². The maximum atomic E-state index is 12.7. The average Bonchev–Trinajstić information content (AvgIpc) is 3.11. The molecule has 4 aliphatic carbocycles. The second-order valence-corrected chi connectivity index (χ2v) is 13.0. The summed E-state index contributed by atoms with van der Waals surface area (Å²) in [6.45, 7) is 16.9. The van der Waals surface area contributed by atoms with E-state index in [1.54, 1.807) is 5.57 Å². The second-order valence-electron chi connectivity index (χ2n) is 13.0. The fourth-order valence-electron chi connectivity index (χ4n) is 9.21. The molecule has 0 bridgehead atoms. The first-order valence-corrected chi connectivity index (χ1v) is 14.0. The minimum absolute atomic E-state index is 0.321. The number of ketones is 1. The number of hydrogen-bond acceptors (Lipinski definition) is 1. The van der Waals surface area contributed by atoms with Crippen molar-refractivity contribution in [2.24, 2.45) is 52.3 Å². The summed E-state index contributed by atoms with van der Waals surface area (Å²) in [5.74, 6) is 5.40. The van der Waals surface area contributed by atoms with E-state index in [2.05, 4.69) is 60.6 Å². The van der Waals surface area contributed by atoms with Crippen LogP contribution in [0.2, 0.25) is 0 Å². The first kappa shape index (κ1) is 24.3. The quantitative estimate of drug-likeness (QED) is 0.379. The Balaban J connectivity index is 1.52. The van der Waals surface area contributed by atoms with Crippen molar-refractivity contribution in [1.82, 2.24) is 0 Å². The van der Waals surface area contributed by atoms with Gasteiger partial charge in [-0.05, 0) is 111 Å². The van der Waals surface area contributed by atoms with Gasteiger partial charge in [-0.25, -0.2) is 0 Å². The van der Waals surface area contributed by atoms with E-state index in [0.29, 0.717) is 34.4 Å². The van der Waals surface area contributed by atoms with Gasteiger partial charge in [0.25, 0.3) is 0 Å². The first-order valence-electron chi connectivity index (χ1n) is 14.0. The molecule has 0 aromatic heterocycles. The first-order chi connectivity index (χ1) is 15.2. The topological polar surface area (TPSA) is 17.1 Å². The van der Waals surface area contributed by atoms with Crippen molar-refractivity contribution in [1.29, 1.82) is 0 Å². The summed E-state index contributed by atoms with van der Waals surface area (Å²) in [6.07, 6.45) is 17.5. The highest BCUT2D eigenvalue weighted by atomic mass is 16.1. The molecule has 0 N–H and O–H groups in total. The molecule has 3 saturated carbocycles. The zero-order chi connectivity index (χ0) is 23.3. The monoisotopic (exact) mass is 438 g/mol.